The first-order chi connectivity index (χ1) is 13.6. The first kappa shape index (κ1) is 21.8. The average Bonchev–Trinajstić information content (AvgIpc) is 2.72. The molecule has 0 saturated carbocycles. The predicted molar refractivity (Wildman–Crippen MR) is 106 cm³/mol. The molecule has 0 aliphatic heterocycles. The van der Waals surface area contributed by atoms with Gasteiger partial charge in [0.2, 0.25) is 6.04 Å². The highest BCUT2D eigenvalue weighted by atomic mass is 16.6. The lowest BCUT2D eigenvalue weighted by molar-refractivity contribution is -0.524. The lowest BCUT2D eigenvalue weighted by Gasteiger charge is -2.14. The van der Waals surface area contributed by atoms with E-state index in [-0.39, 0.29) is 24.7 Å². The number of benzene rings is 2. The molecule has 0 spiro atoms. The Morgan fingerprint density at radius 2 is 1.71 bits per heavy atom. The lowest BCUT2D eigenvalue weighted by atomic mass is 10.0. The maximum atomic E-state index is 11.3. The number of nitrogens with zero attached hydrogens (tertiary/aromatic N) is 1. The monoisotopic (exact) mass is 389 g/mol. The molecule has 2 aromatic rings. The van der Waals surface area contributed by atoms with E-state index >= 15 is 0 Å². The summed E-state index contributed by atoms with van der Waals surface area (Å²) >= 11 is 0. The summed E-state index contributed by atoms with van der Waals surface area (Å²) in [6.45, 7) is 0.219. The molecule has 2 N–H and O–H groups in total. The van der Waals surface area contributed by atoms with Gasteiger partial charge in [0.05, 0.1) is 19.8 Å². The minimum absolute atomic E-state index is 0.0268. The summed E-state index contributed by atoms with van der Waals surface area (Å²) in [5.74, 6) is 0.706. The van der Waals surface area contributed by atoms with E-state index in [1.54, 1.807) is 0 Å². The number of ether oxygens (including phenoxy) is 2. The average molecular weight is 389 g/mol. The van der Waals surface area contributed by atoms with Crippen molar-refractivity contribution >= 4 is 0 Å². The van der Waals surface area contributed by atoms with Crippen LogP contribution >= 0.6 is 0 Å². The number of rotatable bonds is 13. The first-order valence-corrected chi connectivity index (χ1v) is 9.39. The van der Waals surface area contributed by atoms with Crippen molar-refractivity contribution in [2.75, 3.05) is 26.4 Å². The number of aliphatic hydroxyl groups is 2. The Kier molecular flexibility index (Phi) is 9.41. The molecular weight excluding hydrogens is 362 g/mol. The summed E-state index contributed by atoms with van der Waals surface area (Å²) in [4.78, 5) is 11.0. The highest BCUT2D eigenvalue weighted by Gasteiger charge is 2.20. The Morgan fingerprint density at radius 1 is 1.00 bits per heavy atom. The summed E-state index contributed by atoms with van der Waals surface area (Å²) in [6, 6.07) is 16.8. The molecule has 0 aromatic heterocycles. The molecule has 0 heterocycles. The minimum Gasteiger partial charge on any atom is -0.493 e. The van der Waals surface area contributed by atoms with E-state index in [1.165, 1.54) is 0 Å². The Labute approximate surface area is 164 Å². The summed E-state index contributed by atoms with van der Waals surface area (Å²) in [5, 5.41) is 29.2. The maximum absolute atomic E-state index is 11.3. The van der Waals surface area contributed by atoms with Crippen molar-refractivity contribution in [2.45, 2.75) is 31.4 Å². The molecular formula is C21H27NO6. The van der Waals surface area contributed by atoms with Crippen LogP contribution in [0.25, 0.3) is 11.1 Å². The Hall–Kier alpha value is -2.48. The summed E-state index contributed by atoms with van der Waals surface area (Å²) in [5.41, 5.74) is 1.99. The van der Waals surface area contributed by atoms with Gasteiger partial charge in [0, 0.05) is 29.9 Å². The van der Waals surface area contributed by atoms with Crippen molar-refractivity contribution in [3.05, 3.63) is 64.7 Å². The number of hydrogen-bond donors (Lipinski definition) is 2. The summed E-state index contributed by atoms with van der Waals surface area (Å²) < 4.78 is 11.0. The van der Waals surface area contributed by atoms with Crippen LogP contribution in [0.15, 0.2) is 54.6 Å². The quantitative estimate of drug-likeness (QED) is 0.310. The number of aliphatic hydroxyl groups excluding tert-OH is 2. The predicted octanol–water partition coefficient (Wildman–Crippen LogP) is 2.92. The van der Waals surface area contributed by atoms with E-state index in [4.69, 9.17) is 14.6 Å². The second kappa shape index (κ2) is 12.1. The van der Waals surface area contributed by atoms with Crippen LogP contribution in [0.3, 0.4) is 0 Å². The SMILES string of the molecule is O=[N+]([O-])C(CCCOCC(O)CO)CCOc1ccccc1-c1ccccc1. The Morgan fingerprint density at radius 3 is 2.43 bits per heavy atom. The molecule has 0 aliphatic carbocycles. The fourth-order valence-corrected chi connectivity index (χ4v) is 2.80. The normalized spacial score (nSPS) is 13.1. The zero-order valence-electron chi connectivity index (χ0n) is 15.8. The fourth-order valence-electron chi connectivity index (χ4n) is 2.80. The second-order valence-corrected chi connectivity index (χ2v) is 6.49. The molecule has 0 bridgehead atoms. The highest BCUT2D eigenvalue weighted by Crippen LogP contribution is 2.29. The van der Waals surface area contributed by atoms with Crippen LogP contribution in [0.4, 0.5) is 0 Å². The molecule has 0 saturated heterocycles. The van der Waals surface area contributed by atoms with Crippen LogP contribution in [0.1, 0.15) is 19.3 Å². The van der Waals surface area contributed by atoms with Crippen LogP contribution < -0.4 is 4.74 Å². The van der Waals surface area contributed by atoms with E-state index in [0.29, 0.717) is 31.6 Å². The van der Waals surface area contributed by atoms with Gasteiger partial charge in [0.1, 0.15) is 11.9 Å². The molecule has 0 aliphatic rings. The van der Waals surface area contributed by atoms with Crippen LogP contribution in [0, 0.1) is 10.1 Å². The van der Waals surface area contributed by atoms with Crippen molar-refractivity contribution < 1.29 is 24.6 Å². The molecule has 7 nitrogen and oxygen atoms in total. The van der Waals surface area contributed by atoms with Crippen LogP contribution in [0.5, 0.6) is 5.75 Å². The Bertz CT molecular complexity index is 709. The number of hydrogen-bond acceptors (Lipinski definition) is 6. The van der Waals surface area contributed by atoms with Gasteiger partial charge in [0.25, 0.3) is 0 Å². The minimum atomic E-state index is -0.913. The van der Waals surface area contributed by atoms with Crippen molar-refractivity contribution in [3.63, 3.8) is 0 Å². The van der Waals surface area contributed by atoms with Crippen LogP contribution in [0.2, 0.25) is 0 Å². The topological polar surface area (TPSA) is 102 Å². The van der Waals surface area contributed by atoms with Gasteiger partial charge in [-0.05, 0) is 18.1 Å². The third-order valence-corrected chi connectivity index (χ3v) is 4.33. The van der Waals surface area contributed by atoms with E-state index in [2.05, 4.69) is 0 Å². The van der Waals surface area contributed by atoms with Gasteiger partial charge < -0.3 is 19.7 Å². The van der Waals surface area contributed by atoms with Gasteiger partial charge in [-0.1, -0.05) is 48.5 Å². The standard InChI is InChI=1S/C21H27NO6/c23-15-19(24)16-27-13-6-9-18(22(25)26)12-14-28-21-11-5-4-10-20(21)17-7-2-1-3-8-17/h1-5,7-8,10-11,18-19,23-24H,6,9,12-16H2. The molecule has 0 amide bonds. The van der Waals surface area contributed by atoms with E-state index in [0.717, 1.165) is 11.1 Å². The van der Waals surface area contributed by atoms with Gasteiger partial charge in [-0.25, -0.2) is 0 Å². The third-order valence-electron chi connectivity index (χ3n) is 4.33. The smallest absolute Gasteiger partial charge is 0.216 e. The molecule has 2 atom stereocenters. The molecule has 7 heteroatoms. The molecule has 152 valence electrons. The van der Waals surface area contributed by atoms with Crippen molar-refractivity contribution in [3.8, 4) is 16.9 Å². The van der Waals surface area contributed by atoms with Crippen LogP contribution in [-0.2, 0) is 4.74 Å². The van der Waals surface area contributed by atoms with Crippen LogP contribution in [-0.4, -0.2) is 53.7 Å². The molecule has 2 rings (SSSR count). The van der Waals surface area contributed by atoms with Crippen molar-refractivity contribution in [1.29, 1.82) is 0 Å². The second-order valence-electron chi connectivity index (χ2n) is 6.49. The van der Waals surface area contributed by atoms with Crippen molar-refractivity contribution in [1.82, 2.24) is 0 Å². The largest absolute Gasteiger partial charge is 0.493 e. The first-order valence-electron chi connectivity index (χ1n) is 9.39. The molecule has 0 fully saturated rings. The summed E-state index contributed by atoms with van der Waals surface area (Å²) in [6.07, 6.45) is 0.260. The van der Waals surface area contributed by atoms with Gasteiger partial charge in [-0.3, -0.25) is 10.1 Å². The lowest BCUT2D eigenvalue weighted by Crippen LogP contribution is -2.23. The maximum Gasteiger partial charge on any atom is 0.216 e. The van der Waals surface area contributed by atoms with Gasteiger partial charge >= 0.3 is 0 Å². The van der Waals surface area contributed by atoms with Gasteiger partial charge in [-0.15, -0.1) is 0 Å². The van der Waals surface area contributed by atoms with Gasteiger partial charge in [0.15, 0.2) is 0 Å². The van der Waals surface area contributed by atoms with E-state index < -0.39 is 12.1 Å². The zero-order chi connectivity index (χ0) is 20.2. The number of para-hydroxylation sites is 1. The Balaban J connectivity index is 1.81. The van der Waals surface area contributed by atoms with Crippen molar-refractivity contribution in [2.24, 2.45) is 0 Å². The summed E-state index contributed by atoms with van der Waals surface area (Å²) in [7, 11) is 0. The van der Waals surface area contributed by atoms with E-state index in [1.807, 2.05) is 54.6 Å². The molecule has 28 heavy (non-hydrogen) atoms. The fraction of sp³-hybridized carbons (Fsp3) is 0.429. The zero-order valence-corrected chi connectivity index (χ0v) is 15.8. The van der Waals surface area contributed by atoms with Gasteiger partial charge in [-0.2, -0.15) is 0 Å². The molecule has 2 aromatic carbocycles. The third kappa shape index (κ3) is 7.26. The molecule has 2 unspecified atom stereocenters. The number of nitro groups is 1. The molecule has 0 radical (unpaired) electrons. The van der Waals surface area contributed by atoms with E-state index in [9.17, 15) is 15.2 Å². The highest BCUT2D eigenvalue weighted by molar-refractivity contribution is 5.70.